The number of rotatable bonds is 3. The molecule has 1 rings (SSSR count). The Kier molecular flexibility index (Phi) is 3.94. The first-order chi connectivity index (χ1) is 8.38. The Labute approximate surface area is 101 Å². The molecule has 1 aromatic carbocycles. The van der Waals surface area contributed by atoms with E-state index in [1.165, 1.54) is 24.3 Å². The molecule has 0 radical (unpaired) electrons. The lowest BCUT2D eigenvalue weighted by atomic mass is 10.2. The Bertz CT molecular complexity index is 526. The molecule has 0 aliphatic heterocycles. The van der Waals surface area contributed by atoms with Crippen molar-refractivity contribution < 1.29 is 13.2 Å². The molecule has 0 spiro atoms. The van der Waals surface area contributed by atoms with Crippen molar-refractivity contribution in [3.63, 3.8) is 0 Å². The first-order valence-electron chi connectivity index (χ1n) is 4.73. The second kappa shape index (κ2) is 5.23. The van der Waals surface area contributed by atoms with Crippen molar-refractivity contribution in [3.05, 3.63) is 41.2 Å². The van der Waals surface area contributed by atoms with Crippen LogP contribution in [0.1, 0.15) is 5.56 Å². The zero-order valence-electron chi connectivity index (χ0n) is 9.05. The molecular weight excluding hydrogens is 245 g/mol. The normalized spacial score (nSPS) is 12.3. The zero-order chi connectivity index (χ0) is 13.8. The molecule has 94 valence electrons. The van der Waals surface area contributed by atoms with Crippen molar-refractivity contribution in [1.29, 1.82) is 10.7 Å². The van der Waals surface area contributed by atoms with E-state index in [9.17, 15) is 13.2 Å². The number of nitrogens with two attached hydrogens (primary N) is 1. The number of halogens is 3. The summed E-state index contributed by atoms with van der Waals surface area (Å²) < 4.78 is 38.0. The van der Waals surface area contributed by atoms with Gasteiger partial charge in [0.15, 0.2) is 0 Å². The van der Waals surface area contributed by atoms with Gasteiger partial charge in [-0.1, -0.05) is 6.07 Å². The third-order valence-electron chi connectivity index (χ3n) is 1.99. The van der Waals surface area contributed by atoms with Crippen LogP contribution >= 0.6 is 0 Å². The number of hydrogen-bond donors (Lipinski definition) is 3. The molecule has 0 atom stereocenters. The second-order valence-corrected chi connectivity index (χ2v) is 3.29. The fourth-order valence-corrected chi connectivity index (χ4v) is 1.19. The van der Waals surface area contributed by atoms with E-state index < -0.39 is 17.6 Å². The van der Waals surface area contributed by atoms with Gasteiger partial charge in [-0.2, -0.15) is 18.4 Å². The summed E-state index contributed by atoms with van der Waals surface area (Å²) in [5, 5.41) is 17.5. The molecule has 0 saturated heterocycles. The number of nitrogens with one attached hydrogen (secondary N) is 2. The van der Waals surface area contributed by atoms with Gasteiger partial charge in [0, 0.05) is 11.9 Å². The molecule has 0 saturated carbocycles. The van der Waals surface area contributed by atoms with E-state index in [0.29, 0.717) is 6.21 Å². The van der Waals surface area contributed by atoms with Crippen LogP contribution in [0, 0.1) is 16.7 Å². The maximum Gasteiger partial charge on any atom is 0.433 e. The summed E-state index contributed by atoms with van der Waals surface area (Å²) in [6.07, 6.45) is -4.30. The average Bonchev–Trinajstić information content (AvgIpc) is 2.34. The number of hydrogen-bond acceptors (Lipinski definition) is 4. The van der Waals surface area contributed by atoms with Crippen LogP contribution in [-0.2, 0) is 0 Å². The smallest absolute Gasteiger partial charge is 0.396 e. The third kappa shape index (κ3) is 3.25. The molecule has 0 aromatic heterocycles. The number of anilines is 1. The Morgan fingerprint density at radius 2 is 2.11 bits per heavy atom. The van der Waals surface area contributed by atoms with Gasteiger partial charge in [0.2, 0.25) is 0 Å². The van der Waals surface area contributed by atoms with Crippen LogP contribution in [0.2, 0.25) is 0 Å². The molecule has 0 heterocycles. The number of nitriles is 1. The van der Waals surface area contributed by atoms with E-state index in [-0.39, 0.29) is 11.3 Å². The van der Waals surface area contributed by atoms with Gasteiger partial charge in [0.1, 0.15) is 5.70 Å². The highest BCUT2D eigenvalue weighted by molar-refractivity contribution is 5.77. The molecule has 0 bridgehead atoms. The van der Waals surface area contributed by atoms with Crippen molar-refractivity contribution in [3.8, 4) is 6.07 Å². The summed E-state index contributed by atoms with van der Waals surface area (Å²) in [6, 6.07) is 7.33. The third-order valence-corrected chi connectivity index (χ3v) is 1.99. The van der Waals surface area contributed by atoms with Crippen LogP contribution in [-0.4, -0.2) is 12.4 Å². The van der Waals surface area contributed by atoms with Gasteiger partial charge in [-0.15, -0.1) is 0 Å². The molecule has 0 fully saturated rings. The standard InChI is InChI=1S/C11H9F3N4/c12-11(13,14)10(9(17)6-16)18-8-3-1-2-7(4-8)5-15/h1-4,6,16,18H,17H2/b10-9+,16-6?. The van der Waals surface area contributed by atoms with Gasteiger partial charge >= 0.3 is 6.18 Å². The number of allylic oxidation sites excluding steroid dienone is 2. The van der Waals surface area contributed by atoms with Gasteiger partial charge in [-0.25, -0.2) is 0 Å². The Balaban J connectivity index is 3.13. The molecular formula is C11H9F3N4. The highest BCUT2D eigenvalue weighted by Gasteiger charge is 2.36. The van der Waals surface area contributed by atoms with Crippen LogP contribution in [0.15, 0.2) is 35.7 Å². The summed E-state index contributed by atoms with van der Waals surface area (Å²) in [4.78, 5) is 0. The van der Waals surface area contributed by atoms with Gasteiger partial charge < -0.3 is 16.5 Å². The first-order valence-corrected chi connectivity index (χ1v) is 4.73. The van der Waals surface area contributed by atoms with Crippen LogP contribution in [0.4, 0.5) is 18.9 Å². The van der Waals surface area contributed by atoms with Crippen LogP contribution in [0.5, 0.6) is 0 Å². The summed E-state index contributed by atoms with van der Waals surface area (Å²) in [7, 11) is 0. The summed E-state index contributed by atoms with van der Waals surface area (Å²) in [6.45, 7) is 0. The highest BCUT2D eigenvalue weighted by atomic mass is 19.4. The second-order valence-electron chi connectivity index (χ2n) is 3.29. The highest BCUT2D eigenvalue weighted by Crippen LogP contribution is 2.28. The van der Waals surface area contributed by atoms with E-state index >= 15 is 0 Å². The van der Waals surface area contributed by atoms with Crippen molar-refractivity contribution in [2.45, 2.75) is 6.18 Å². The van der Waals surface area contributed by atoms with Gasteiger partial charge in [0.05, 0.1) is 17.3 Å². The predicted molar refractivity (Wildman–Crippen MR) is 60.8 cm³/mol. The minimum Gasteiger partial charge on any atom is -0.396 e. The van der Waals surface area contributed by atoms with E-state index in [1.807, 2.05) is 6.07 Å². The monoisotopic (exact) mass is 254 g/mol. The fraction of sp³-hybridized carbons (Fsp3) is 0.0909. The lowest BCUT2D eigenvalue weighted by Crippen LogP contribution is -2.24. The maximum atomic E-state index is 12.7. The number of benzene rings is 1. The molecule has 4 nitrogen and oxygen atoms in total. The van der Waals surface area contributed by atoms with E-state index in [4.69, 9.17) is 16.4 Å². The van der Waals surface area contributed by atoms with Gasteiger partial charge in [0.25, 0.3) is 0 Å². The lowest BCUT2D eigenvalue weighted by Gasteiger charge is -2.15. The van der Waals surface area contributed by atoms with Crippen LogP contribution < -0.4 is 11.1 Å². The largest absolute Gasteiger partial charge is 0.433 e. The topological polar surface area (TPSA) is 85.7 Å². The molecule has 0 aliphatic carbocycles. The summed E-state index contributed by atoms with van der Waals surface area (Å²) >= 11 is 0. The van der Waals surface area contributed by atoms with Crippen molar-refractivity contribution in [2.75, 3.05) is 5.32 Å². The molecule has 4 N–H and O–H groups in total. The minimum atomic E-state index is -4.70. The molecule has 0 aliphatic rings. The Morgan fingerprint density at radius 1 is 1.44 bits per heavy atom. The molecule has 7 heteroatoms. The molecule has 0 amide bonds. The first kappa shape index (κ1) is 13.6. The van der Waals surface area contributed by atoms with Gasteiger partial charge in [-0.3, -0.25) is 0 Å². The van der Waals surface area contributed by atoms with Crippen molar-refractivity contribution in [1.82, 2.24) is 0 Å². The van der Waals surface area contributed by atoms with Crippen LogP contribution in [0.25, 0.3) is 0 Å². The average molecular weight is 254 g/mol. The van der Waals surface area contributed by atoms with E-state index in [2.05, 4.69) is 5.32 Å². The quantitative estimate of drug-likeness (QED) is 0.724. The lowest BCUT2D eigenvalue weighted by molar-refractivity contribution is -0.0907. The van der Waals surface area contributed by atoms with Crippen LogP contribution in [0.3, 0.4) is 0 Å². The zero-order valence-corrected chi connectivity index (χ0v) is 9.05. The van der Waals surface area contributed by atoms with E-state index in [0.717, 1.165) is 0 Å². The molecule has 0 unspecified atom stereocenters. The molecule has 1 aromatic rings. The maximum absolute atomic E-state index is 12.7. The Morgan fingerprint density at radius 3 is 2.61 bits per heavy atom. The van der Waals surface area contributed by atoms with Crippen molar-refractivity contribution >= 4 is 11.9 Å². The minimum absolute atomic E-state index is 0.0752. The van der Waals surface area contributed by atoms with Gasteiger partial charge in [-0.05, 0) is 18.2 Å². The summed E-state index contributed by atoms with van der Waals surface area (Å²) in [5.74, 6) is 0. The Hall–Kier alpha value is -2.49. The predicted octanol–water partition coefficient (Wildman–Crippen LogP) is 2.35. The SMILES string of the molecule is N#Cc1cccc(N/C(=C(/N)C=N)C(F)(F)F)c1. The molecule has 18 heavy (non-hydrogen) atoms. The van der Waals surface area contributed by atoms with Crippen molar-refractivity contribution in [2.24, 2.45) is 5.73 Å². The summed E-state index contributed by atoms with van der Waals surface area (Å²) in [5.41, 5.74) is 3.44. The van der Waals surface area contributed by atoms with E-state index in [1.54, 1.807) is 0 Å². The fourth-order valence-electron chi connectivity index (χ4n) is 1.19. The number of nitrogens with zero attached hydrogens (tertiary/aromatic N) is 1. The number of alkyl halides is 3.